The van der Waals surface area contributed by atoms with E-state index in [9.17, 15) is 0 Å². The first-order valence-corrected chi connectivity index (χ1v) is 6.63. The molecule has 1 aromatic rings. The Labute approximate surface area is 114 Å². The van der Waals surface area contributed by atoms with Crippen molar-refractivity contribution >= 4 is 17.6 Å². The van der Waals surface area contributed by atoms with Crippen LogP contribution in [0.4, 0.5) is 17.6 Å². The summed E-state index contributed by atoms with van der Waals surface area (Å²) in [6.45, 7) is 8.26. The molecule has 0 aliphatic rings. The quantitative estimate of drug-likeness (QED) is 0.779. The number of hydrogen-bond donors (Lipinski definition) is 2. The van der Waals surface area contributed by atoms with Gasteiger partial charge < -0.3 is 16.0 Å². The predicted molar refractivity (Wildman–Crippen MR) is 77.9 cm³/mol. The Morgan fingerprint density at radius 1 is 1.47 bits per heavy atom. The van der Waals surface area contributed by atoms with Crippen LogP contribution < -0.4 is 16.0 Å². The minimum absolute atomic E-state index is 0.0526. The monoisotopic (exact) mass is 262 g/mol. The van der Waals surface area contributed by atoms with E-state index in [1.54, 1.807) is 0 Å². The van der Waals surface area contributed by atoms with Crippen molar-refractivity contribution in [2.45, 2.75) is 27.2 Å². The van der Waals surface area contributed by atoms with E-state index in [2.05, 4.69) is 28.3 Å². The van der Waals surface area contributed by atoms with Gasteiger partial charge in [-0.15, -0.1) is 0 Å². The zero-order valence-electron chi connectivity index (χ0n) is 11.8. The zero-order valence-corrected chi connectivity index (χ0v) is 11.8. The van der Waals surface area contributed by atoms with E-state index in [1.165, 1.54) is 0 Å². The Morgan fingerprint density at radius 3 is 2.79 bits per heavy atom. The Balaban J connectivity index is 2.90. The van der Waals surface area contributed by atoms with E-state index in [1.807, 2.05) is 24.8 Å². The maximum atomic E-state index is 8.90. The maximum Gasteiger partial charge on any atom is 0.223 e. The third-order valence-corrected chi connectivity index (χ3v) is 2.71. The smallest absolute Gasteiger partial charge is 0.223 e. The molecule has 0 bridgehead atoms. The molecule has 0 radical (unpaired) electrons. The molecule has 6 heteroatoms. The van der Waals surface area contributed by atoms with E-state index < -0.39 is 0 Å². The average Bonchev–Trinajstić information content (AvgIpc) is 2.41. The number of nitriles is 1. The van der Waals surface area contributed by atoms with Crippen LogP contribution in [0.3, 0.4) is 0 Å². The summed E-state index contributed by atoms with van der Waals surface area (Å²) in [5, 5.41) is 12.1. The van der Waals surface area contributed by atoms with Gasteiger partial charge in [0.25, 0.3) is 0 Å². The Kier molecular flexibility index (Phi) is 5.86. The number of nitrogens with two attached hydrogens (primary N) is 1. The summed E-state index contributed by atoms with van der Waals surface area (Å²) in [4.78, 5) is 10.4. The molecule has 0 saturated carbocycles. The number of nitrogen functional groups attached to an aromatic ring is 1. The van der Waals surface area contributed by atoms with Crippen molar-refractivity contribution in [2.75, 3.05) is 35.6 Å². The fraction of sp³-hybridized carbons (Fsp3) is 0.615. The molecule has 0 spiro atoms. The van der Waals surface area contributed by atoms with Crippen LogP contribution >= 0.6 is 0 Å². The van der Waals surface area contributed by atoms with Crippen molar-refractivity contribution in [2.24, 2.45) is 5.92 Å². The third-order valence-electron chi connectivity index (χ3n) is 2.71. The standard InChI is InChI=1S/C13H22N6/c1-4-6-16-11-7-12(18-13(15)17-11)19(5-2)9-10(3)8-14/h7,10H,4-6,9H2,1-3H3,(H3,15,16,17,18). The fourth-order valence-electron chi connectivity index (χ4n) is 1.71. The summed E-state index contributed by atoms with van der Waals surface area (Å²) < 4.78 is 0. The summed E-state index contributed by atoms with van der Waals surface area (Å²) in [5.74, 6) is 1.69. The second kappa shape index (κ2) is 7.41. The van der Waals surface area contributed by atoms with E-state index >= 15 is 0 Å². The van der Waals surface area contributed by atoms with Crippen molar-refractivity contribution in [3.8, 4) is 6.07 Å². The summed E-state index contributed by atoms with van der Waals surface area (Å²) in [6.07, 6.45) is 1.02. The molecule has 1 heterocycles. The van der Waals surface area contributed by atoms with E-state index in [-0.39, 0.29) is 11.9 Å². The second-order valence-corrected chi connectivity index (χ2v) is 4.47. The average molecular weight is 262 g/mol. The highest BCUT2D eigenvalue weighted by atomic mass is 15.2. The first kappa shape index (κ1) is 15.0. The summed E-state index contributed by atoms with van der Waals surface area (Å²) in [5.41, 5.74) is 5.73. The minimum atomic E-state index is -0.0526. The lowest BCUT2D eigenvalue weighted by Gasteiger charge is -2.23. The van der Waals surface area contributed by atoms with Gasteiger partial charge in [0.1, 0.15) is 11.6 Å². The molecule has 0 fully saturated rings. The Hall–Kier alpha value is -2.03. The molecular weight excluding hydrogens is 240 g/mol. The number of hydrogen-bond acceptors (Lipinski definition) is 6. The third kappa shape index (κ3) is 4.62. The topological polar surface area (TPSA) is 90.9 Å². The van der Waals surface area contributed by atoms with Crippen molar-refractivity contribution in [1.29, 1.82) is 5.26 Å². The minimum Gasteiger partial charge on any atom is -0.370 e. The molecule has 0 aromatic carbocycles. The van der Waals surface area contributed by atoms with Crippen LogP contribution in [0.15, 0.2) is 6.07 Å². The van der Waals surface area contributed by atoms with Gasteiger partial charge in [0.05, 0.1) is 12.0 Å². The molecule has 0 amide bonds. The highest BCUT2D eigenvalue weighted by Crippen LogP contribution is 2.18. The summed E-state index contributed by atoms with van der Waals surface area (Å²) >= 11 is 0. The van der Waals surface area contributed by atoms with Gasteiger partial charge in [0.15, 0.2) is 0 Å². The van der Waals surface area contributed by atoms with Crippen LogP contribution in [-0.4, -0.2) is 29.6 Å². The van der Waals surface area contributed by atoms with Crippen LogP contribution in [0.25, 0.3) is 0 Å². The van der Waals surface area contributed by atoms with Crippen LogP contribution in [0, 0.1) is 17.2 Å². The van der Waals surface area contributed by atoms with Gasteiger partial charge in [-0.1, -0.05) is 6.92 Å². The molecule has 1 unspecified atom stereocenters. The summed E-state index contributed by atoms with van der Waals surface area (Å²) in [7, 11) is 0. The van der Waals surface area contributed by atoms with E-state index in [0.29, 0.717) is 6.54 Å². The van der Waals surface area contributed by atoms with Gasteiger partial charge in [-0.3, -0.25) is 0 Å². The number of nitrogens with zero attached hydrogens (tertiary/aromatic N) is 4. The van der Waals surface area contributed by atoms with Crippen molar-refractivity contribution in [3.63, 3.8) is 0 Å². The molecule has 19 heavy (non-hydrogen) atoms. The van der Waals surface area contributed by atoms with Crippen LogP contribution in [0.2, 0.25) is 0 Å². The van der Waals surface area contributed by atoms with Gasteiger partial charge in [-0.2, -0.15) is 15.2 Å². The molecule has 0 aliphatic heterocycles. The van der Waals surface area contributed by atoms with Crippen LogP contribution in [-0.2, 0) is 0 Å². The number of anilines is 3. The molecule has 1 aromatic heterocycles. The predicted octanol–water partition coefficient (Wildman–Crippen LogP) is 1.87. The first-order chi connectivity index (χ1) is 9.10. The lowest BCUT2D eigenvalue weighted by molar-refractivity contribution is 0.679. The van der Waals surface area contributed by atoms with E-state index in [0.717, 1.165) is 31.1 Å². The lowest BCUT2D eigenvalue weighted by Crippen LogP contribution is -2.29. The van der Waals surface area contributed by atoms with Gasteiger partial charge >= 0.3 is 0 Å². The number of rotatable bonds is 7. The SMILES string of the molecule is CCCNc1cc(N(CC)CC(C)C#N)nc(N)n1. The molecule has 0 saturated heterocycles. The normalized spacial score (nSPS) is 11.7. The number of nitrogens with one attached hydrogen (secondary N) is 1. The Morgan fingerprint density at radius 2 is 2.21 bits per heavy atom. The maximum absolute atomic E-state index is 8.90. The van der Waals surface area contributed by atoms with Gasteiger partial charge in [-0.05, 0) is 20.3 Å². The van der Waals surface area contributed by atoms with Crippen LogP contribution in [0.1, 0.15) is 27.2 Å². The van der Waals surface area contributed by atoms with Gasteiger partial charge in [0, 0.05) is 25.7 Å². The van der Waals surface area contributed by atoms with Crippen molar-refractivity contribution < 1.29 is 0 Å². The van der Waals surface area contributed by atoms with E-state index in [4.69, 9.17) is 11.0 Å². The summed E-state index contributed by atoms with van der Waals surface area (Å²) in [6, 6.07) is 4.11. The lowest BCUT2D eigenvalue weighted by atomic mass is 10.2. The van der Waals surface area contributed by atoms with Gasteiger partial charge in [0.2, 0.25) is 5.95 Å². The molecule has 1 rings (SSSR count). The molecule has 104 valence electrons. The van der Waals surface area contributed by atoms with Crippen molar-refractivity contribution in [3.05, 3.63) is 6.07 Å². The van der Waals surface area contributed by atoms with Crippen molar-refractivity contribution in [1.82, 2.24) is 9.97 Å². The highest BCUT2D eigenvalue weighted by Gasteiger charge is 2.12. The second-order valence-electron chi connectivity index (χ2n) is 4.47. The molecule has 1 atom stereocenters. The fourth-order valence-corrected chi connectivity index (χ4v) is 1.71. The largest absolute Gasteiger partial charge is 0.370 e. The number of aromatic nitrogens is 2. The van der Waals surface area contributed by atoms with Crippen LogP contribution in [0.5, 0.6) is 0 Å². The molecule has 3 N–H and O–H groups in total. The van der Waals surface area contributed by atoms with Gasteiger partial charge in [-0.25, -0.2) is 0 Å². The molecule has 0 aliphatic carbocycles. The Bertz CT molecular complexity index is 439. The molecular formula is C13H22N6. The zero-order chi connectivity index (χ0) is 14.3. The highest BCUT2D eigenvalue weighted by molar-refractivity contribution is 5.52. The molecule has 6 nitrogen and oxygen atoms in total. The first-order valence-electron chi connectivity index (χ1n) is 6.63.